The fourth-order valence-electron chi connectivity index (χ4n) is 1.45. The van der Waals surface area contributed by atoms with E-state index in [4.69, 9.17) is 0 Å². The van der Waals surface area contributed by atoms with Crippen LogP contribution in [0.5, 0.6) is 0 Å². The summed E-state index contributed by atoms with van der Waals surface area (Å²) in [5.74, 6) is 0.00799. The first-order chi connectivity index (χ1) is 8.20. The molecule has 0 aliphatic rings. The van der Waals surface area contributed by atoms with Crippen molar-refractivity contribution in [3.8, 4) is 11.3 Å². The van der Waals surface area contributed by atoms with E-state index in [1.54, 1.807) is 0 Å². The van der Waals surface area contributed by atoms with Gasteiger partial charge in [-0.3, -0.25) is 0 Å². The maximum atomic E-state index is 13.7. The maximum Gasteiger partial charge on any atom is 0.223 e. The quantitative estimate of drug-likeness (QED) is 0.942. The highest BCUT2D eigenvalue weighted by atomic mass is 79.9. The summed E-state index contributed by atoms with van der Waals surface area (Å²) in [6, 6.07) is 7.36. The number of halogens is 2. The summed E-state index contributed by atoms with van der Waals surface area (Å²) in [6.45, 7) is 2.63. The SMILES string of the molecule is CCNc1ncc(F)c(-c2cccc(Br)c2)n1. The van der Waals surface area contributed by atoms with Gasteiger partial charge in [0.1, 0.15) is 5.69 Å². The number of anilines is 1. The molecule has 17 heavy (non-hydrogen) atoms. The number of nitrogens with zero attached hydrogens (tertiary/aromatic N) is 2. The molecule has 2 aromatic rings. The number of hydrogen-bond donors (Lipinski definition) is 1. The van der Waals surface area contributed by atoms with Gasteiger partial charge in [0.25, 0.3) is 0 Å². The monoisotopic (exact) mass is 295 g/mol. The predicted molar refractivity (Wildman–Crippen MR) is 69.3 cm³/mol. The number of benzene rings is 1. The fourth-order valence-corrected chi connectivity index (χ4v) is 1.85. The molecule has 3 nitrogen and oxygen atoms in total. The van der Waals surface area contributed by atoms with Gasteiger partial charge in [-0.1, -0.05) is 28.1 Å². The predicted octanol–water partition coefficient (Wildman–Crippen LogP) is 3.48. The Balaban J connectivity index is 2.46. The van der Waals surface area contributed by atoms with Crippen molar-refractivity contribution in [2.45, 2.75) is 6.92 Å². The fraction of sp³-hybridized carbons (Fsp3) is 0.167. The Morgan fingerprint density at radius 1 is 1.41 bits per heavy atom. The second-order valence-electron chi connectivity index (χ2n) is 3.43. The van der Waals surface area contributed by atoms with E-state index in [9.17, 15) is 4.39 Å². The largest absolute Gasteiger partial charge is 0.354 e. The molecule has 88 valence electrons. The van der Waals surface area contributed by atoms with Gasteiger partial charge in [-0.25, -0.2) is 14.4 Å². The topological polar surface area (TPSA) is 37.8 Å². The molecule has 5 heteroatoms. The molecule has 2 rings (SSSR count). The lowest BCUT2D eigenvalue weighted by Crippen LogP contribution is -2.03. The summed E-state index contributed by atoms with van der Waals surface area (Å²) in [4.78, 5) is 8.02. The molecule has 0 amide bonds. The minimum Gasteiger partial charge on any atom is -0.354 e. The lowest BCUT2D eigenvalue weighted by Gasteiger charge is -2.06. The van der Waals surface area contributed by atoms with Gasteiger partial charge in [0, 0.05) is 16.6 Å². The third-order valence-corrected chi connectivity index (χ3v) is 2.67. The summed E-state index contributed by atoms with van der Waals surface area (Å²) in [5.41, 5.74) is 1.02. The van der Waals surface area contributed by atoms with Crippen molar-refractivity contribution in [3.63, 3.8) is 0 Å². The number of aromatic nitrogens is 2. The molecule has 0 aliphatic heterocycles. The first-order valence-electron chi connectivity index (χ1n) is 5.23. The minimum atomic E-state index is -0.426. The van der Waals surface area contributed by atoms with Crippen LogP contribution in [0.15, 0.2) is 34.9 Å². The van der Waals surface area contributed by atoms with Crippen molar-refractivity contribution >= 4 is 21.9 Å². The molecule has 0 bridgehead atoms. The average Bonchev–Trinajstić information content (AvgIpc) is 2.32. The molecule has 0 fully saturated rings. The van der Waals surface area contributed by atoms with Gasteiger partial charge in [-0.2, -0.15) is 0 Å². The molecule has 0 spiro atoms. The van der Waals surface area contributed by atoms with E-state index in [0.29, 0.717) is 18.2 Å². The van der Waals surface area contributed by atoms with Crippen molar-refractivity contribution in [3.05, 3.63) is 40.8 Å². The van der Waals surface area contributed by atoms with Gasteiger partial charge in [0.15, 0.2) is 5.82 Å². The van der Waals surface area contributed by atoms with E-state index in [-0.39, 0.29) is 0 Å². The summed E-state index contributed by atoms with van der Waals surface area (Å²) in [5, 5.41) is 2.96. The molecule has 1 N–H and O–H groups in total. The highest BCUT2D eigenvalue weighted by molar-refractivity contribution is 9.10. The Hall–Kier alpha value is -1.49. The van der Waals surface area contributed by atoms with Gasteiger partial charge in [0.2, 0.25) is 5.95 Å². The van der Waals surface area contributed by atoms with E-state index in [0.717, 1.165) is 10.0 Å². The lowest BCUT2D eigenvalue weighted by atomic mass is 10.1. The minimum absolute atomic E-state index is 0.303. The molecule has 0 atom stereocenters. The average molecular weight is 296 g/mol. The molecule has 1 aromatic carbocycles. The van der Waals surface area contributed by atoms with Crippen molar-refractivity contribution in [2.75, 3.05) is 11.9 Å². The first-order valence-corrected chi connectivity index (χ1v) is 6.02. The number of hydrogen-bond acceptors (Lipinski definition) is 3. The summed E-state index contributed by atoms with van der Waals surface area (Å²) in [6.07, 6.45) is 1.18. The molecule has 0 radical (unpaired) electrons. The van der Waals surface area contributed by atoms with Crippen LogP contribution < -0.4 is 5.32 Å². The molecule has 1 aromatic heterocycles. The second-order valence-corrected chi connectivity index (χ2v) is 4.35. The Kier molecular flexibility index (Phi) is 3.68. The highest BCUT2D eigenvalue weighted by Crippen LogP contribution is 2.24. The van der Waals surface area contributed by atoms with Gasteiger partial charge >= 0.3 is 0 Å². The van der Waals surface area contributed by atoms with E-state index in [1.807, 2.05) is 31.2 Å². The second kappa shape index (κ2) is 5.23. The van der Waals surface area contributed by atoms with Crippen LogP contribution in [0.25, 0.3) is 11.3 Å². The molecular formula is C12H11BrFN3. The van der Waals surface area contributed by atoms with Crippen molar-refractivity contribution in [1.29, 1.82) is 0 Å². The van der Waals surface area contributed by atoms with E-state index in [2.05, 4.69) is 31.2 Å². The Morgan fingerprint density at radius 3 is 2.94 bits per heavy atom. The van der Waals surface area contributed by atoms with E-state index < -0.39 is 5.82 Å². The lowest BCUT2D eigenvalue weighted by molar-refractivity contribution is 0.618. The van der Waals surface area contributed by atoms with E-state index in [1.165, 1.54) is 6.20 Å². The number of rotatable bonds is 3. The van der Waals surface area contributed by atoms with Gasteiger partial charge < -0.3 is 5.32 Å². The molecule has 0 saturated carbocycles. The first kappa shape index (κ1) is 12.0. The van der Waals surface area contributed by atoms with Crippen LogP contribution in [0.4, 0.5) is 10.3 Å². The van der Waals surface area contributed by atoms with Gasteiger partial charge in [0.05, 0.1) is 6.20 Å². The van der Waals surface area contributed by atoms with E-state index >= 15 is 0 Å². The smallest absolute Gasteiger partial charge is 0.223 e. The molecule has 0 saturated heterocycles. The molecule has 1 heterocycles. The Labute approximate surface area is 107 Å². The third kappa shape index (κ3) is 2.79. The van der Waals surface area contributed by atoms with Crippen LogP contribution >= 0.6 is 15.9 Å². The summed E-state index contributed by atoms with van der Waals surface area (Å²) in [7, 11) is 0. The zero-order valence-corrected chi connectivity index (χ0v) is 10.8. The zero-order chi connectivity index (χ0) is 12.3. The van der Waals surface area contributed by atoms with Crippen LogP contribution in [0.1, 0.15) is 6.92 Å². The Morgan fingerprint density at radius 2 is 2.24 bits per heavy atom. The standard InChI is InChI=1S/C12H11BrFN3/c1-2-15-12-16-7-10(14)11(17-12)8-4-3-5-9(13)6-8/h3-7H,2H2,1H3,(H,15,16,17). The molecule has 0 aliphatic carbocycles. The van der Waals surface area contributed by atoms with Crippen LogP contribution in [-0.2, 0) is 0 Å². The molecule has 0 unspecified atom stereocenters. The van der Waals surface area contributed by atoms with Crippen LogP contribution in [0, 0.1) is 5.82 Å². The highest BCUT2D eigenvalue weighted by Gasteiger charge is 2.09. The summed E-state index contributed by atoms with van der Waals surface area (Å²) >= 11 is 3.35. The van der Waals surface area contributed by atoms with Gasteiger partial charge in [-0.05, 0) is 19.1 Å². The van der Waals surface area contributed by atoms with Crippen molar-refractivity contribution in [1.82, 2.24) is 9.97 Å². The molecular weight excluding hydrogens is 285 g/mol. The van der Waals surface area contributed by atoms with Gasteiger partial charge in [-0.15, -0.1) is 0 Å². The third-order valence-electron chi connectivity index (χ3n) is 2.18. The maximum absolute atomic E-state index is 13.7. The van der Waals surface area contributed by atoms with Crippen LogP contribution in [-0.4, -0.2) is 16.5 Å². The number of nitrogens with one attached hydrogen (secondary N) is 1. The van der Waals surface area contributed by atoms with Crippen molar-refractivity contribution in [2.24, 2.45) is 0 Å². The normalized spacial score (nSPS) is 10.3. The van der Waals surface area contributed by atoms with Crippen LogP contribution in [0.3, 0.4) is 0 Å². The van der Waals surface area contributed by atoms with Crippen molar-refractivity contribution < 1.29 is 4.39 Å². The summed E-state index contributed by atoms with van der Waals surface area (Å²) < 4.78 is 14.5. The van der Waals surface area contributed by atoms with Crippen LogP contribution in [0.2, 0.25) is 0 Å². The zero-order valence-electron chi connectivity index (χ0n) is 9.24. The Bertz CT molecular complexity index is 531.